The Hall–Kier alpha value is -1.21. The zero-order valence-corrected chi connectivity index (χ0v) is 14.2. The summed E-state index contributed by atoms with van der Waals surface area (Å²) in [7, 11) is 1.98. The van der Waals surface area contributed by atoms with Crippen LogP contribution in [0.4, 0.5) is 0 Å². The van der Waals surface area contributed by atoms with Crippen molar-refractivity contribution < 1.29 is 4.42 Å². The van der Waals surface area contributed by atoms with Crippen molar-refractivity contribution in [2.24, 2.45) is 7.05 Å². The molecule has 1 fully saturated rings. The molecule has 0 aliphatic carbocycles. The van der Waals surface area contributed by atoms with Crippen LogP contribution in [0.25, 0.3) is 0 Å². The summed E-state index contributed by atoms with van der Waals surface area (Å²) in [6.07, 6.45) is 4.10. The molecule has 1 saturated heterocycles. The average Bonchev–Trinajstić information content (AvgIpc) is 3.01. The Morgan fingerprint density at radius 2 is 2.24 bits per heavy atom. The van der Waals surface area contributed by atoms with Crippen molar-refractivity contribution in [2.75, 3.05) is 6.54 Å². The molecule has 0 unspecified atom stereocenters. The summed E-state index contributed by atoms with van der Waals surface area (Å²) in [5.41, 5.74) is 1.20. The second-order valence-corrected chi connectivity index (χ2v) is 6.54. The lowest BCUT2D eigenvalue weighted by molar-refractivity contribution is 0.115. The molecule has 1 aliphatic heterocycles. The van der Waals surface area contributed by atoms with Crippen LogP contribution < -0.4 is 0 Å². The lowest BCUT2D eigenvalue weighted by atomic mass is 9.90. The quantitative estimate of drug-likeness (QED) is 0.848. The van der Waals surface area contributed by atoms with E-state index in [0.29, 0.717) is 17.9 Å². The van der Waals surface area contributed by atoms with E-state index < -0.39 is 0 Å². The summed E-state index contributed by atoms with van der Waals surface area (Å²) in [5, 5.41) is 12.5. The van der Waals surface area contributed by atoms with Crippen molar-refractivity contribution >= 4 is 15.9 Å². The molecule has 21 heavy (non-hydrogen) atoms. The smallest absolute Gasteiger partial charge is 0.221 e. The van der Waals surface area contributed by atoms with E-state index in [-0.39, 0.29) is 0 Å². The maximum atomic E-state index is 5.65. The molecule has 7 heteroatoms. The molecule has 0 N–H and O–H groups in total. The summed E-state index contributed by atoms with van der Waals surface area (Å²) in [6.45, 7) is 6.05. The predicted octanol–water partition coefficient (Wildman–Crippen LogP) is 2.64. The maximum Gasteiger partial charge on any atom is 0.221 e. The lowest BCUT2D eigenvalue weighted by Crippen LogP contribution is -2.42. The largest absolute Gasteiger partial charge is 0.425 e. The third kappa shape index (κ3) is 2.89. The molecular weight excluding hydrogens is 334 g/mol. The molecule has 0 bridgehead atoms. The van der Waals surface area contributed by atoms with Crippen LogP contribution in [-0.2, 0) is 13.6 Å². The highest BCUT2D eigenvalue weighted by Gasteiger charge is 2.33. The van der Waals surface area contributed by atoms with Gasteiger partial charge in [0.1, 0.15) is 0 Å². The molecule has 0 radical (unpaired) electrons. The van der Waals surface area contributed by atoms with Gasteiger partial charge in [0, 0.05) is 26.6 Å². The number of hydrogen-bond acceptors (Lipinski definition) is 5. The Morgan fingerprint density at radius 1 is 1.43 bits per heavy atom. The summed E-state index contributed by atoms with van der Waals surface area (Å²) in [6, 6.07) is 0.375. The maximum absolute atomic E-state index is 5.65. The van der Waals surface area contributed by atoms with Gasteiger partial charge in [-0.3, -0.25) is 9.58 Å². The molecule has 0 spiro atoms. The van der Waals surface area contributed by atoms with Crippen molar-refractivity contribution in [1.82, 2.24) is 24.9 Å². The Bertz CT molecular complexity index is 603. The monoisotopic (exact) mass is 353 g/mol. The molecule has 2 aromatic rings. The zero-order chi connectivity index (χ0) is 15.0. The van der Waals surface area contributed by atoms with E-state index in [1.165, 1.54) is 5.69 Å². The van der Waals surface area contributed by atoms with Gasteiger partial charge in [-0.05, 0) is 42.2 Å². The van der Waals surface area contributed by atoms with Crippen molar-refractivity contribution in [3.05, 3.63) is 28.1 Å². The molecule has 2 aromatic heterocycles. The SMILES string of the molecule is Cc1nnc([C@H]2CCCN(Cc3c(Br)cnn3C)[C@H]2C)o1. The van der Waals surface area contributed by atoms with Crippen LogP contribution in [0.2, 0.25) is 0 Å². The van der Waals surface area contributed by atoms with Gasteiger partial charge >= 0.3 is 0 Å². The Kier molecular flexibility index (Phi) is 4.12. The van der Waals surface area contributed by atoms with E-state index in [2.05, 4.69) is 43.0 Å². The fraction of sp³-hybridized carbons (Fsp3) is 0.643. The minimum atomic E-state index is 0.312. The number of aromatic nitrogens is 4. The van der Waals surface area contributed by atoms with Crippen LogP contribution in [0, 0.1) is 6.92 Å². The number of hydrogen-bond donors (Lipinski definition) is 0. The van der Waals surface area contributed by atoms with Crippen molar-refractivity contribution in [3.63, 3.8) is 0 Å². The average molecular weight is 354 g/mol. The van der Waals surface area contributed by atoms with Gasteiger partial charge < -0.3 is 4.42 Å². The molecular formula is C14H20BrN5O. The summed E-state index contributed by atoms with van der Waals surface area (Å²) in [5.74, 6) is 1.73. The molecule has 0 saturated carbocycles. The fourth-order valence-corrected chi connectivity index (χ4v) is 3.51. The molecule has 6 nitrogen and oxygen atoms in total. The van der Waals surface area contributed by atoms with Crippen LogP contribution in [0.1, 0.15) is 43.2 Å². The summed E-state index contributed by atoms with van der Waals surface area (Å²) in [4.78, 5) is 2.47. The van der Waals surface area contributed by atoms with Gasteiger partial charge in [0.2, 0.25) is 11.8 Å². The Labute approximate surface area is 132 Å². The second-order valence-electron chi connectivity index (χ2n) is 5.68. The van der Waals surface area contributed by atoms with E-state index in [0.717, 1.165) is 36.3 Å². The van der Waals surface area contributed by atoms with E-state index in [9.17, 15) is 0 Å². The standard InChI is InChI=1S/C14H20BrN5O/c1-9-11(14-18-17-10(2)21-14)5-4-6-20(9)8-13-12(15)7-16-19(13)3/h7,9,11H,4-6,8H2,1-3H3/t9-,11-/m0/s1. The first-order valence-electron chi connectivity index (χ1n) is 7.26. The van der Waals surface area contributed by atoms with Gasteiger partial charge in [0.15, 0.2) is 0 Å². The third-order valence-corrected chi connectivity index (χ3v) is 5.00. The van der Waals surface area contributed by atoms with Crippen LogP contribution in [-0.4, -0.2) is 37.5 Å². The highest BCUT2D eigenvalue weighted by atomic mass is 79.9. The minimum absolute atomic E-state index is 0.312. The van der Waals surface area contributed by atoms with Gasteiger partial charge in [0.25, 0.3) is 0 Å². The number of halogens is 1. The Morgan fingerprint density at radius 3 is 2.86 bits per heavy atom. The van der Waals surface area contributed by atoms with Crippen molar-refractivity contribution in [1.29, 1.82) is 0 Å². The second kappa shape index (κ2) is 5.88. The molecule has 2 atom stereocenters. The third-order valence-electron chi connectivity index (χ3n) is 4.34. The lowest BCUT2D eigenvalue weighted by Gasteiger charge is -2.37. The van der Waals surface area contributed by atoms with Crippen molar-refractivity contribution in [3.8, 4) is 0 Å². The van der Waals surface area contributed by atoms with E-state index >= 15 is 0 Å². The highest BCUT2D eigenvalue weighted by molar-refractivity contribution is 9.10. The summed E-state index contributed by atoms with van der Waals surface area (Å²) >= 11 is 3.58. The van der Waals surface area contributed by atoms with Crippen LogP contribution >= 0.6 is 15.9 Å². The van der Waals surface area contributed by atoms with E-state index in [1.807, 2.05) is 24.9 Å². The van der Waals surface area contributed by atoms with Gasteiger partial charge in [-0.1, -0.05) is 0 Å². The highest BCUT2D eigenvalue weighted by Crippen LogP contribution is 2.33. The number of rotatable bonds is 3. The fourth-order valence-electron chi connectivity index (χ4n) is 3.03. The van der Waals surface area contributed by atoms with E-state index in [4.69, 9.17) is 4.42 Å². The number of likely N-dealkylation sites (tertiary alicyclic amines) is 1. The molecule has 3 heterocycles. The van der Waals surface area contributed by atoms with Gasteiger partial charge in [0.05, 0.1) is 22.3 Å². The number of nitrogens with zero attached hydrogens (tertiary/aromatic N) is 5. The summed E-state index contributed by atoms with van der Waals surface area (Å²) < 4.78 is 8.64. The van der Waals surface area contributed by atoms with Crippen LogP contribution in [0.3, 0.4) is 0 Å². The first kappa shape index (κ1) is 14.7. The molecule has 1 aliphatic rings. The first-order chi connectivity index (χ1) is 10.1. The minimum Gasteiger partial charge on any atom is -0.425 e. The van der Waals surface area contributed by atoms with Gasteiger partial charge in [-0.2, -0.15) is 5.10 Å². The first-order valence-corrected chi connectivity index (χ1v) is 8.06. The number of aryl methyl sites for hydroxylation is 2. The van der Waals surface area contributed by atoms with E-state index in [1.54, 1.807) is 0 Å². The van der Waals surface area contributed by atoms with Gasteiger partial charge in [-0.25, -0.2) is 0 Å². The normalized spacial score (nSPS) is 23.6. The Balaban J connectivity index is 1.77. The molecule has 0 amide bonds. The number of piperidine rings is 1. The van der Waals surface area contributed by atoms with Crippen LogP contribution in [0.15, 0.2) is 15.1 Å². The van der Waals surface area contributed by atoms with Crippen LogP contribution in [0.5, 0.6) is 0 Å². The van der Waals surface area contributed by atoms with Gasteiger partial charge in [-0.15, -0.1) is 10.2 Å². The topological polar surface area (TPSA) is 60.0 Å². The van der Waals surface area contributed by atoms with Crippen molar-refractivity contribution in [2.45, 2.75) is 45.2 Å². The zero-order valence-electron chi connectivity index (χ0n) is 12.6. The molecule has 0 aromatic carbocycles. The molecule has 3 rings (SSSR count). The predicted molar refractivity (Wildman–Crippen MR) is 81.8 cm³/mol. The molecule has 114 valence electrons.